The molecule has 0 radical (unpaired) electrons. The highest BCUT2D eigenvalue weighted by Crippen LogP contribution is 2.61. The molecule has 1 heteroatoms. The van der Waals surface area contributed by atoms with Crippen molar-refractivity contribution < 1.29 is 0 Å². The molecule has 0 atom stereocenters. The normalized spacial score (nSPS) is 12.0. The highest BCUT2D eigenvalue weighted by Gasteiger charge is 2.35. The lowest BCUT2D eigenvalue weighted by Crippen LogP contribution is -2.13. The molecule has 0 aromatic rings. The molecule has 0 unspecified atom stereocenters. The van der Waals surface area contributed by atoms with Crippen LogP contribution in [-0.4, -0.2) is 24.6 Å². The van der Waals surface area contributed by atoms with E-state index in [0.717, 1.165) is 0 Å². The summed E-state index contributed by atoms with van der Waals surface area (Å²) in [5.41, 5.74) is 0. The van der Waals surface area contributed by atoms with Crippen LogP contribution in [-0.2, 0) is 0 Å². The first-order chi connectivity index (χ1) is 23.7. The van der Waals surface area contributed by atoms with Gasteiger partial charge in [-0.15, -0.1) is 0 Å². The summed E-state index contributed by atoms with van der Waals surface area (Å²) in [4.78, 5) is 0. The molecule has 0 fully saturated rings. The van der Waals surface area contributed by atoms with E-state index in [1.165, 1.54) is 225 Å². The van der Waals surface area contributed by atoms with Crippen LogP contribution in [0, 0.1) is 0 Å². The largest absolute Gasteiger partial charge is 0.0654 e. The molecule has 0 rings (SSSR count). The van der Waals surface area contributed by atoms with Gasteiger partial charge in [-0.1, -0.05) is 227 Å². The van der Waals surface area contributed by atoms with Crippen LogP contribution in [0.1, 0.15) is 278 Å². The van der Waals surface area contributed by atoms with E-state index in [1.807, 2.05) is 0 Å². The van der Waals surface area contributed by atoms with Gasteiger partial charge in [0, 0.05) is 7.26 Å². The molecular weight excluding hydrogens is 595 g/mol. The average Bonchev–Trinajstić information content (AvgIpc) is 3.10. The lowest BCUT2D eigenvalue weighted by molar-refractivity contribution is 0.551. The molecule has 290 valence electrons. The molecule has 0 aliphatic carbocycles. The third-order valence-electron chi connectivity index (χ3n) is 11.7. The van der Waals surface area contributed by atoms with E-state index >= 15 is 0 Å². The second kappa shape index (κ2) is 41.8. The molecule has 0 N–H and O–H groups in total. The van der Waals surface area contributed by atoms with Crippen molar-refractivity contribution in [3.05, 3.63) is 0 Å². The minimum Gasteiger partial charge on any atom is -0.0654 e. The van der Waals surface area contributed by atoms with Crippen LogP contribution in [0.4, 0.5) is 0 Å². The third kappa shape index (κ3) is 36.2. The topological polar surface area (TPSA) is 0 Å². The van der Waals surface area contributed by atoms with Gasteiger partial charge in [0.15, 0.2) is 0 Å². The molecule has 0 heterocycles. The van der Waals surface area contributed by atoms with E-state index in [1.54, 1.807) is 50.3 Å². The third-order valence-corrected chi connectivity index (χ3v) is 16.8. The van der Waals surface area contributed by atoms with Crippen molar-refractivity contribution in [1.29, 1.82) is 0 Å². The number of hydrogen-bond donors (Lipinski definition) is 0. The fourth-order valence-corrected chi connectivity index (χ4v) is 13.2. The maximum absolute atomic E-state index is 2.37. The molecule has 0 amide bonds. The summed E-state index contributed by atoms with van der Waals surface area (Å²) in [6, 6.07) is 0. The quantitative estimate of drug-likeness (QED) is 0.0440. The molecular formula is C47H98P+. The Morgan fingerprint density at radius 3 is 0.438 bits per heavy atom. The molecule has 0 aromatic carbocycles. The maximum Gasteiger partial charge on any atom is 0.0594 e. The van der Waals surface area contributed by atoms with Crippen molar-refractivity contribution in [2.45, 2.75) is 278 Å². The van der Waals surface area contributed by atoms with Crippen molar-refractivity contribution in [3.63, 3.8) is 0 Å². The molecule has 0 saturated heterocycles. The highest BCUT2D eigenvalue weighted by atomic mass is 31.2. The Morgan fingerprint density at radius 1 is 0.167 bits per heavy atom. The van der Waals surface area contributed by atoms with E-state index in [-0.39, 0.29) is 0 Å². The van der Waals surface area contributed by atoms with E-state index in [9.17, 15) is 0 Å². The Hall–Kier alpha value is 0.430. The predicted molar refractivity (Wildman–Crippen MR) is 229 cm³/mol. The van der Waals surface area contributed by atoms with E-state index < -0.39 is 7.26 Å². The Morgan fingerprint density at radius 2 is 0.292 bits per heavy atom. The van der Waals surface area contributed by atoms with Crippen LogP contribution >= 0.6 is 7.26 Å². The summed E-state index contributed by atoms with van der Waals surface area (Å²) in [5, 5.41) is 0. The summed E-state index contributed by atoms with van der Waals surface area (Å²) in [5.74, 6) is 0. The second-order valence-corrected chi connectivity index (χ2v) is 21.1. The van der Waals surface area contributed by atoms with Crippen LogP contribution in [0.3, 0.4) is 0 Å². The zero-order valence-electron chi connectivity index (χ0n) is 34.9. The Kier molecular flexibility index (Phi) is 42.2. The molecule has 0 bridgehead atoms. The van der Waals surface area contributed by atoms with Gasteiger partial charge in [-0.25, -0.2) is 0 Å². The van der Waals surface area contributed by atoms with Crippen molar-refractivity contribution >= 4 is 7.26 Å². The van der Waals surface area contributed by atoms with Crippen LogP contribution in [0.15, 0.2) is 0 Å². The number of rotatable bonds is 43. The standard InChI is InChI=1S/C47H98P/c1-5-9-13-17-21-24-27-30-33-37-41-45-48(44-40-36-20-16-12-8-4,46-42-38-34-31-28-25-22-18-14-10-6-2)47-43-39-35-32-29-26-23-19-15-11-7-3/h5-47H2,1-4H3/q+1. The number of unbranched alkanes of at least 4 members (excludes halogenated alkanes) is 35. The second-order valence-electron chi connectivity index (χ2n) is 16.6. The van der Waals surface area contributed by atoms with Crippen molar-refractivity contribution in [2.24, 2.45) is 0 Å². The van der Waals surface area contributed by atoms with E-state index in [4.69, 9.17) is 0 Å². The SMILES string of the molecule is CCCCCCCCCCCCC[P+](CCCCCCCC)(CCCCCCCCCCCCC)CCCCCCCCCCCCC. The monoisotopic (exact) mass is 694 g/mol. The van der Waals surface area contributed by atoms with Gasteiger partial charge in [0.1, 0.15) is 0 Å². The summed E-state index contributed by atoms with van der Waals surface area (Å²) < 4.78 is 0. The molecule has 0 saturated carbocycles. The minimum absolute atomic E-state index is 0.783. The van der Waals surface area contributed by atoms with Gasteiger partial charge in [-0.3, -0.25) is 0 Å². The smallest absolute Gasteiger partial charge is 0.0594 e. The van der Waals surface area contributed by atoms with Gasteiger partial charge in [0.2, 0.25) is 0 Å². The van der Waals surface area contributed by atoms with Gasteiger partial charge < -0.3 is 0 Å². The van der Waals surface area contributed by atoms with Gasteiger partial charge in [-0.05, 0) is 51.4 Å². The van der Waals surface area contributed by atoms with Crippen LogP contribution in [0.2, 0.25) is 0 Å². The summed E-state index contributed by atoms with van der Waals surface area (Å²) in [6.07, 6.45) is 64.7. The Balaban J connectivity index is 4.76. The maximum atomic E-state index is 2.37. The fraction of sp³-hybridized carbons (Fsp3) is 1.00. The lowest BCUT2D eigenvalue weighted by Gasteiger charge is -2.28. The summed E-state index contributed by atoms with van der Waals surface area (Å²) in [7, 11) is -0.783. The van der Waals surface area contributed by atoms with E-state index in [2.05, 4.69) is 27.7 Å². The van der Waals surface area contributed by atoms with Crippen LogP contribution < -0.4 is 0 Å². The van der Waals surface area contributed by atoms with Gasteiger partial charge >= 0.3 is 0 Å². The first-order valence-electron chi connectivity index (χ1n) is 23.6. The van der Waals surface area contributed by atoms with Gasteiger partial charge in [0.05, 0.1) is 24.6 Å². The number of hydrogen-bond acceptors (Lipinski definition) is 0. The molecule has 0 spiro atoms. The minimum atomic E-state index is -0.783. The molecule has 0 aliphatic heterocycles. The van der Waals surface area contributed by atoms with Gasteiger partial charge in [0.25, 0.3) is 0 Å². The molecule has 48 heavy (non-hydrogen) atoms. The predicted octanol–water partition coefficient (Wildman–Crippen LogP) is 18.3. The lowest BCUT2D eigenvalue weighted by atomic mass is 10.1. The Bertz CT molecular complexity index is 491. The molecule has 0 aliphatic rings. The zero-order valence-corrected chi connectivity index (χ0v) is 35.7. The highest BCUT2D eigenvalue weighted by molar-refractivity contribution is 7.75. The average molecular weight is 694 g/mol. The van der Waals surface area contributed by atoms with Crippen molar-refractivity contribution in [2.75, 3.05) is 24.6 Å². The van der Waals surface area contributed by atoms with Crippen molar-refractivity contribution in [1.82, 2.24) is 0 Å². The van der Waals surface area contributed by atoms with Crippen LogP contribution in [0.5, 0.6) is 0 Å². The first-order valence-corrected chi connectivity index (χ1v) is 26.1. The van der Waals surface area contributed by atoms with E-state index in [0.29, 0.717) is 0 Å². The van der Waals surface area contributed by atoms with Crippen LogP contribution in [0.25, 0.3) is 0 Å². The van der Waals surface area contributed by atoms with Gasteiger partial charge in [-0.2, -0.15) is 0 Å². The first kappa shape index (κ1) is 48.4. The Labute approximate surface area is 309 Å². The molecule has 0 aromatic heterocycles. The van der Waals surface area contributed by atoms with Crippen molar-refractivity contribution in [3.8, 4) is 0 Å². The molecule has 0 nitrogen and oxygen atoms in total. The zero-order chi connectivity index (χ0) is 34.9. The summed E-state index contributed by atoms with van der Waals surface area (Å²) >= 11 is 0. The summed E-state index contributed by atoms with van der Waals surface area (Å²) in [6.45, 7) is 9.37. The fourth-order valence-electron chi connectivity index (χ4n) is 8.23.